The lowest BCUT2D eigenvalue weighted by Gasteiger charge is -2.21. The predicted octanol–water partition coefficient (Wildman–Crippen LogP) is 1.53. The highest BCUT2D eigenvalue weighted by atomic mass is 32.2. The van der Waals surface area contributed by atoms with Crippen LogP contribution < -0.4 is 0 Å². The van der Waals surface area contributed by atoms with E-state index < -0.39 is 67.8 Å². The minimum Gasteiger partial charge on any atom is -0.480 e. The van der Waals surface area contributed by atoms with Crippen LogP contribution in [0.25, 0.3) is 0 Å². The molecule has 1 aromatic rings. The van der Waals surface area contributed by atoms with Gasteiger partial charge >= 0.3 is 5.97 Å². The largest absolute Gasteiger partial charge is 0.480 e. The van der Waals surface area contributed by atoms with Crippen molar-refractivity contribution in [2.24, 2.45) is 0 Å². The summed E-state index contributed by atoms with van der Waals surface area (Å²) >= 11 is 3.89. The Hall–Kier alpha value is -1.40. The molecule has 5 nitrogen and oxygen atoms in total. The molecule has 1 aromatic carbocycles. The molecule has 0 amide bonds. The van der Waals surface area contributed by atoms with Crippen molar-refractivity contribution < 1.29 is 40.3 Å². The summed E-state index contributed by atoms with van der Waals surface area (Å²) in [6, 6.07) is -1.72. The van der Waals surface area contributed by atoms with Crippen LogP contribution in [0.2, 0.25) is 0 Å². The molecule has 1 saturated heterocycles. The summed E-state index contributed by atoms with van der Waals surface area (Å²) in [5.74, 6) is -14.1. The number of carboxylic acid groups (broad SMARTS) is 1. The average molecular weight is 377 g/mol. The van der Waals surface area contributed by atoms with E-state index in [1.807, 2.05) is 0 Å². The number of sulfonamides is 1. The van der Waals surface area contributed by atoms with Gasteiger partial charge in [-0.15, -0.1) is 0 Å². The summed E-state index contributed by atoms with van der Waals surface area (Å²) in [5, 5.41) is 8.20. The van der Waals surface area contributed by atoms with Crippen molar-refractivity contribution in [3.63, 3.8) is 0 Å². The van der Waals surface area contributed by atoms with Gasteiger partial charge in [0.25, 0.3) is 0 Å². The highest BCUT2D eigenvalue weighted by Gasteiger charge is 2.46. The Morgan fingerprint density at radius 1 is 1.04 bits per heavy atom. The van der Waals surface area contributed by atoms with Crippen LogP contribution in [0.1, 0.15) is 6.42 Å². The van der Waals surface area contributed by atoms with Crippen molar-refractivity contribution in [3.8, 4) is 0 Å². The standard InChI is InChI=1S/C11H8F5NO4S2/c12-5-6(13)8(15)10(9(16)7(5)14)23(20,21)17-2-3(22)1-4(17)11(18)19/h3-4,22H,1-2H2,(H,18,19)/t3-,4+/m1/s1. The van der Waals surface area contributed by atoms with E-state index >= 15 is 0 Å². The number of hydrogen-bond acceptors (Lipinski definition) is 4. The molecule has 0 saturated carbocycles. The van der Waals surface area contributed by atoms with Crippen LogP contribution >= 0.6 is 12.6 Å². The molecule has 1 heterocycles. The molecule has 2 rings (SSSR count). The summed E-state index contributed by atoms with van der Waals surface area (Å²) in [5.41, 5.74) is 0. The molecule has 0 aliphatic carbocycles. The second-order valence-corrected chi connectivity index (χ2v) is 7.28. The molecule has 0 bridgehead atoms. The number of nitrogens with zero attached hydrogens (tertiary/aromatic N) is 1. The lowest BCUT2D eigenvalue weighted by molar-refractivity contribution is -0.140. The van der Waals surface area contributed by atoms with Crippen molar-refractivity contribution in [1.29, 1.82) is 0 Å². The van der Waals surface area contributed by atoms with Crippen LogP contribution in [0.5, 0.6) is 0 Å². The number of carbonyl (C=O) groups is 1. The fourth-order valence-electron chi connectivity index (χ4n) is 2.20. The van der Waals surface area contributed by atoms with E-state index in [1.54, 1.807) is 0 Å². The molecular weight excluding hydrogens is 369 g/mol. The Morgan fingerprint density at radius 2 is 1.48 bits per heavy atom. The van der Waals surface area contributed by atoms with E-state index in [1.165, 1.54) is 0 Å². The first-order valence-corrected chi connectivity index (χ1v) is 7.90. The average Bonchev–Trinajstić information content (AvgIpc) is 2.86. The lowest BCUT2D eigenvalue weighted by Crippen LogP contribution is -2.41. The third-order valence-electron chi connectivity index (χ3n) is 3.25. The molecule has 0 unspecified atom stereocenters. The van der Waals surface area contributed by atoms with Crippen LogP contribution in [0.15, 0.2) is 4.90 Å². The Balaban J connectivity index is 2.68. The van der Waals surface area contributed by atoms with Gasteiger partial charge in [-0.05, 0) is 6.42 Å². The van der Waals surface area contributed by atoms with Gasteiger partial charge < -0.3 is 5.11 Å². The number of hydrogen-bond donors (Lipinski definition) is 2. The van der Waals surface area contributed by atoms with Gasteiger partial charge in [0.05, 0.1) is 0 Å². The zero-order valence-electron chi connectivity index (χ0n) is 10.9. The second-order valence-electron chi connectivity index (χ2n) is 4.72. The van der Waals surface area contributed by atoms with Gasteiger partial charge in [-0.1, -0.05) is 0 Å². The molecule has 12 heteroatoms. The SMILES string of the molecule is O=C(O)[C@@H]1C[C@@H](S)CN1S(=O)(=O)c1c(F)c(F)c(F)c(F)c1F. The predicted molar refractivity (Wildman–Crippen MR) is 68.9 cm³/mol. The number of halogens is 5. The van der Waals surface area contributed by atoms with Gasteiger partial charge in [-0.25, -0.2) is 30.4 Å². The smallest absolute Gasteiger partial charge is 0.322 e. The number of aliphatic carboxylic acids is 1. The second kappa shape index (κ2) is 5.91. The molecule has 23 heavy (non-hydrogen) atoms. The normalized spacial score (nSPS) is 22.5. The van der Waals surface area contributed by atoms with Crippen molar-refractivity contribution >= 4 is 28.6 Å². The summed E-state index contributed by atoms with van der Waals surface area (Å²) in [6.45, 7) is -0.554. The van der Waals surface area contributed by atoms with E-state index in [4.69, 9.17) is 5.11 Å². The van der Waals surface area contributed by atoms with E-state index in [0.29, 0.717) is 0 Å². The Kier molecular flexibility index (Phi) is 4.61. The van der Waals surface area contributed by atoms with Crippen molar-refractivity contribution in [2.45, 2.75) is 22.6 Å². The third kappa shape index (κ3) is 2.78. The fraction of sp³-hybridized carbons (Fsp3) is 0.364. The highest BCUT2D eigenvalue weighted by Crippen LogP contribution is 2.33. The number of carboxylic acids is 1. The van der Waals surface area contributed by atoms with Gasteiger partial charge in [-0.2, -0.15) is 16.9 Å². The summed E-state index contributed by atoms with van der Waals surface area (Å²) in [4.78, 5) is 8.98. The first kappa shape index (κ1) is 17.9. The topological polar surface area (TPSA) is 74.7 Å². The van der Waals surface area contributed by atoms with E-state index in [-0.39, 0.29) is 10.7 Å². The first-order valence-electron chi connectivity index (χ1n) is 5.94. The summed E-state index contributed by atoms with van der Waals surface area (Å²) in [6.07, 6.45) is -0.285. The van der Waals surface area contributed by atoms with Gasteiger partial charge in [-0.3, -0.25) is 4.79 Å². The Morgan fingerprint density at radius 3 is 1.91 bits per heavy atom. The minimum absolute atomic E-state index is 0.158. The quantitative estimate of drug-likeness (QED) is 0.363. The van der Waals surface area contributed by atoms with Crippen LogP contribution in [-0.2, 0) is 14.8 Å². The number of thiol groups is 1. The maximum Gasteiger partial charge on any atom is 0.322 e. The molecule has 0 spiro atoms. The van der Waals surface area contributed by atoms with Crippen LogP contribution in [0.4, 0.5) is 22.0 Å². The molecular formula is C11H8F5NO4S2. The summed E-state index contributed by atoms with van der Waals surface area (Å²) in [7, 11) is -5.28. The summed E-state index contributed by atoms with van der Waals surface area (Å²) < 4.78 is 91.4. The van der Waals surface area contributed by atoms with Crippen LogP contribution in [0.3, 0.4) is 0 Å². The Labute approximate surface area is 132 Å². The van der Waals surface area contributed by atoms with Crippen molar-refractivity contribution in [3.05, 3.63) is 29.1 Å². The van der Waals surface area contributed by atoms with Crippen LogP contribution in [-0.4, -0.2) is 41.6 Å². The lowest BCUT2D eigenvalue weighted by atomic mass is 10.2. The third-order valence-corrected chi connectivity index (χ3v) is 5.52. The highest BCUT2D eigenvalue weighted by molar-refractivity contribution is 7.89. The fourth-order valence-corrected chi connectivity index (χ4v) is 4.44. The molecule has 2 atom stereocenters. The van der Waals surface area contributed by atoms with E-state index in [0.717, 1.165) is 0 Å². The van der Waals surface area contributed by atoms with Gasteiger partial charge in [0.2, 0.25) is 15.8 Å². The van der Waals surface area contributed by atoms with Gasteiger partial charge in [0, 0.05) is 11.8 Å². The molecule has 0 radical (unpaired) electrons. The maximum absolute atomic E-state index is 13.7. The molecule has 1 N–H and O–H groups in total. The molecule has 1 fully saturated rings. The zero-order valence-corrected chi connectivity index (χ0v) is 12.6. The van der Waals surface area contributed by atoms with Crippen molar-refractivity contribution in [2.75, 3.05) is 6.54 Å². The van der Waals surface area contributed by atoms with Crippen molar-refractivity contribution in [1.82, 2.24) is 4.31 Å². The number of benzene rings is 1. The Bertz CT molecular complexity index is 756. The van der Waals surface area contributed by atoms with Crippen LogP contribution in [0, 0.1) is 29.1 Å². The number of rotatable bonds is 3. The monoisotopic (exact) mass is 377 g/mol. The molecule has 1 aliphatic rings. The zero-order chi connectivity index (χ0) is 17.7. The van der Waals surface area contributed by atoms with E-state index in [9.17, 15) is 35.2 Å². The molecule has 1 aliphatic heterocycles. The van der Waals surface area contributed by atoms with Gasteiger partial charge in [0.1, 0.15) is 6.04 Å². The van der Waals surface area contributed by atoms with E-state index in [2.05, 4.69) is 12.6 Å². The molecule has 128 valence electrons. The van der Waals surface area contributed by atoms with Gasteiger partial charge in [0.15, 0.2) is 28.2 Å². The first-order chi connectivity index (χ1) is 10.5. The minimum atomic E-state index is -5.28. The molecule has 0 aromatic heterocycles. The maximum atomic E-state index is 13.7.